The quantitative estimate of drug-likeness (QED) is 0.236. The summed E-state index contributed by atoms with van der Waals surface area (Å²) in [7, 11) is 1.53. The highest BCUT2D eigenvalue weighted by Gasteiger charge is 2.50. The van der Waals surface area contributed by atoms with Gasteiger partial charge in [-0.2, -0.15) is 27.0 Å². The van der Waals surface area contributed by atoms with Gasteiger partial charge >= 0.3 is 11.9 Å². The number of likely N-dealkylation sites (tertiary alicyclic amines) is 1. The van der Waals surface area contributed by atoms with Gasteiger partial charge in [0, 0.05) is 19.1 Å². The zero-order valence-corrected chi connectivity index (χ0v) is 35.4. The fourth-order valence-corrected chi connectivity index (χ4v) is 7.44. The predicted octanol–water partition coefficient (Wildman–Crippen LogP) is 6.06. The van der Waals surface area contributed by atoms with Crippen molar-refractivity contribution in [2.75, 3.05) is 20.2 Å². The average Bonchev–Trinajstić information content (AvgIpc) is 3.13. The molecule has 0 spiro atoms. The fourth-order valence-electron chi connectivity index (χ4n) is 7.44. The third kappa shape index (κ3) is 10.9. The van der Waals surface area contributed by atoms with Crippen molar-refractivity contribution in [2.45, 2.75) is 108 Å². The molecule has 1 heterocycles. The standard InChI is InChI=1S/C43H53N3O8.2H2S/c1-41(2,3)53-36(47)27-34(39(50)54-42(4,5)6)45-40(51)43(28-15-9-8-10-16-28)24-21-31(30-17-11-13-19-33(30)43)38(49)46-25-22-29(23-26-46)44-37(48)32-18-12-14-20-35(32)52-7;;/h8-20,29,31,34H,21-27H2,1-7H3,(H,44,48)(H,45,51);2*1H2/t31-,34-,43+;;/m0../s1. The predicted molar refractivity (Wildman–Crippen MR) is 225 cm³/mol. The van der Waals surface area contributed by atoms with Crippen molar-refractivity contribution in [3.8, 4) is 5.75 Å². The van der Waals surface area contributed by atoms with Crippen LogP contribution in [0.1, 0.15) is 107 Å². The summed E-state index contributed by atoms with van der Waals surface area (Å²) < 4.78 is 16.5. The van der Waals surface area contributed by atoms with Gasteiger partial charge in [0.05, 0.1) is 30.4 Å². The van der Waals surface area contributed by atoms with E-state index in [9.17, 15) is 24.0 Å². The lowest BCUT2D eigenvalue weighted by molar-refractivity contribution is -0.165. The van der Waals surface area contributed by atoms with E-state index in [1.165, 1.54) is 7.11 Å². The van der Waals surface area contributed by atoms with Crippen LogP contribution in [0, 0.1) is 0 Å². The Kier molecular flexibility index (Phi) is 15.7. The van der Waals surface area contributed by atoms with Crippen molar-refractivity contribution in [1.82, 2.24) is 15.5 Å². The summed E-state index contributed by atoms with van der Waals surface area (Å²) >= 11 is 0. The molecule has 0 bridgehead atoms. The van der Waals surface area contributed by atoms with E-state index < -0.39 is 52.8 Å². The first kappa shape index (κ1) is 45.9. The van der Waals surface area contributed by atoms with Gasteiger partial charge in [-0.05, 0) is 96.0 Å². The maximum atomic E-state index is 14.9. The first-order valence-electron chi connectivity index (χ1n) is 18.7. The SMILES string of the molecule is COc1ccccc1C(=O)NC1CCN(C(=O)[C@H]2CC[C@@](C(=O)N[C@@H](CC(=O)OC(C)(C)C)C(=O)OC(C)(C)C)(c3ccccc3)c3ccccc32)CC1.S.S. The van der Waals surface area contributed by atoms with E-state index in [1.807, 2.05) is 65.6 Å². The molecule has 0 saturated carbocycles. The Morgan fingerprint density at radius 3 is 2.00 bits per heavy atom. The summed E-state index contributed by atoms with van der Waals surface area (Å²) in [6, 6.07) is 22.5. The number of benzene rings is 3. The number of nitrogens with one attached hydrogen (secondary N) is 2. The monoisotopic (exact) mass is 807 g/mol. The number of fused-ring (bicyclic) bond motifs is 1. The zero-order chi connectivity index (χ0) is 39.3. The Morgan fingerprint density at radius 2 is 1.38 bits per heavy atom. The van der Waals surface area contributed by atoms with Gasteiger partial charge in [-0.1, -0.05) is 66.7 Å². The van der Waals surface area contributed by atoms with Gasteiger partial charge in [0.2, 0.25) is 11.8 Å². The van der Waals surface area contributed by atoms with Crippen LogP contribution < -0.4 is 15.4 Å². The molecule has 0 radical (unpaired) electrons. The molecule has 2 N–H and O–H groups in total. The molecule has 56 heavy (non-hydrogen) atoms. The van der Waals surface area contributed by atoms with Crippen molar-refractivity contribution in [3.63, 3.8) is 0 Å². The summed E-state index contributed by atoms with van der Waals surface area (Å²) in [6.07, 6.45) is 1.42. The Balaban J connectivity index is 0.00000420. The van der Waals surface area contributed by atoms with Crippen molar-refractivity contribution >= 4 is 56.7 Å². The molecular formula is C43H57N3O8S2. The number of amides is 3. The van der Waals surface area contributed by atoms with Crippen LogP contribution in [0.2, 0.25) is 0 Å². The normalized spacial score (nSPS) is 18.8. The van der Waals surface area contributed by atoms with E-state index in [4.69, 9.17) is 14.2 Å². The molecule has 0 aromatic heterocycles. The smallest absolute Gasteiger partial charge is 0.329 e. The molecule has 1 fully saturated rings. The van der Waals surface area contributed by atoms with E-state index >= 15 is 0 Å². The van der Waals surface area contributed by atoms with Gasteiger partial charge < -0.3 is 29.7 Å². The minimum Gasteiger partial charge on any atom is -0.496 e. The first-order chi connectivity index (χ1) is 25.5. The van der Waals surface area contributed by atoms with Gasteiger partial charge in [0.25, 0.3) is 5.91 Å². The Labute approximate surface area is 344 Å². The molecule has 1 aliphatic heterocycles. The van der Waals surface area contributed by atoms with Gasteiger partial charge in [0.1, 0.15) is 23.0 Å². The minimum atomic E-state index is -1.32. The maximum absolute atomic E-state index is 14.9. The third-order valence-electron chi connectivity index (χ3n) is 9.84. The Hall–Kier alpha value is -4.49. The second kappa shape index (κ2) is 19.1. The number of methoxy groups -OCH3 is 1. The average molecular weight is 808 g/mol. The molecule has 1 saturated heterocycles. The molecule has 2 aliphatic rings. The van der Waals surface area contributed by atoms with Crippen LogP contribution in [0.25, 0.3) is 0 Å². The maximum Gasteiger partial charge on any atom is 0.329 e. The van der Waals surface area contributed by atoms with Crippen molar-refractivity contribution in [3.05, 3.63) is 101 Å². The largest absolute Gasteiger partial charge is 0.496 e. The van der Waals surface area contributed by atoms with E-state index in [-0.39, 0.29) is 51.3 Å². The first-order valence-corrected chi connectivity index (χ1v) is 18.7. The molecule has 3 amide bonds. The highest BCUT2D eigenvalue weighted by Crippen LogP contribution is 2.48. The Bertz CT molecular complexity index is 1850. The van der Waals surface area contributed by atoms with E-state index in [0.717, 1.165) is 5.56 Å². The van der Waals surface area contributed by atoms with E-state index in [1.54, 1.807) is 59.7 Å². The van der Waals surface area contributed by atoms with Crippen LogP contribution in [-0.2, 0) is 34.1 Å². The molecular weight excluding hydrogens is 751 g/mol. The van der Waals surface area contributed by atoms with Crippen molar-refractivity contribution in [1.29, 1.82) is 0 Å². The van der Waals surface area contributed by atoms with E-state index in [2.05, 4.69) is 10.6 Å². The molecule has 3 atom stereocenters. The molecule has 5 rings (SSSR count). The molecule has 3 aromatic rings. The van der Waals surface area contributed by atoms with Gasteiger partial charge in [0.15, 0.2) is 0 Å². The van der Waals surface area contributed by atoms with Crippen molar-refractivity contribution in [2.24, 2.45) is 0 Å². The summed E-state index contributed by atoms with van der Waals surface area (Å²) in [5, 5.41) is 6.00. The number of hydrogen-bond donors (Lipinski definition) is 2. The highest BCUT2D eigenvalue weighted by atomic mass is 32.1. The number of ether oxygens (including phenoxy) is 3. The minimum absolute atomic E-state index is 0. The fraction of sp³-hybridized carbons (Fsp3) is 0.465. The number of carbonyl (C=O) groups excluding carboxylic acids is 5. The number of para-hydroxylation sites is 1. The van der Waals surface area contributed by atoms with E-state index in [0.29, 0.717) is 54.8 Å². The number of piperidine rings is 1. The molecule has 13 heteroatoms. The van der Waals surface area contributed by atoms with Gasteiger partial charge in [-0.15, -0.1) is 0 Å². The number of nitrogens with zero attached hydrogens (tertiary/aromatic N) is 1. The second-order valence-corrected chi connectivity index (χ2v) is 16.1. The number of carbonyl (C=O) groups is 5. The zero-order valence-electron chi connectivity index (χ0n) is 33.4. The van der Waals surface area contributed by atoms with Crippen LogP contribution in [0.3, 0.4) is 0 Å². The third-order valence-corrected chi connectivity index (χ3v) is 9.84. The van der Waals surface area contributed by atoms with Crippen molar-refractivity contribution < 1.29 is 38.2 Å². The highest BCUT2D eigenvalue weighted by molar-refractivity contribution is 7.59. The van der Waals surface area contributed by atoms with Crippen LogP contribution in [0.15, 0.2) is 78.9 Å². The summed E-state index contributed by atoms with van der Waals surface area (Å²) in [4.78, 5) is 70.6. The summed E-state index contributed by atoms with van der Waals surface area (Å²) in [6.45, 7) is 11.3. The lowest BCUT2D eigenvalue weighted by atomic mass is 9.62. The number of esters is 2. The molecule has 0 unspecified atom stereocenters. The van der Waals surface area contributed by atoms with Crippen LogP contribution in [0.4, 0.5) is 0 Å². The lowest BCUT2D eigenvalue weighted by Gasteiger charge is -2.43. The van der Waals surface area contributed by atoms with Crippen LogP contribution in [0.5, 0.6) is 5.75 Å². The number of hydrogen-bond acceptors (Lipinski definition) is 8. The number of rotatable bonds is 10. The molecule has 11 nitrogen and oxygen atoms in total. The topological polar surface area (TPSA) is 140 Å². The van der Waals surface area contributed by atoms with Crippen LogP contribution >= 0.6 is 27.0 Å². The summed E-state index contributed by atoms with van der Waals surface area (Å²) in [5.41, 5.74) is -0.380. The van der Waals surface area contributed by atoms with Crippen LogP contribution in [-0.4, -0.2) is 78.0 Å². The Morgan fingerprint density at radius 1 is 0.786 bits per heavy atom. The molecule has 3 aromatic carbocycles. The van der Waals surface area contributed by atoms with Gasteiger partial charge in [-0.3, -0.25) is 19.2 Å². The molecule has 1 aliphatic carbocycles. The van der Waals surface area contributed by atoms with Gasteiger partial charge in [-0.25, -0.2) is 4.79 Å². The second-order valence-electron chi connectivity index (χ2n) is 16.1. The lowest BCUT2D eigenvalue weighted by Crippen LogP contribution is -2.55. The molecule has 304 valence electrons. The summed E-state index contributed by atoms with van der Waals surface area (Å²) in [5.74, 6) is -2.12.